The predicted octanol–water partition coefficient (Wildman–Crippen LogP) is 5.05. The second-order valence-corrected chi connectivity index (χ2v) is 8.03. The quantitative estimate of drug-likeness (QED) is 0.597. The number of furan rings is 1. The van der Waals surface area contributed by atoms with Crippen LogP contribution in [0, 0.1) is 6.92 Å². The van der Waals surface area contributed by atoms with Gasteiger partial charge in [0.05, 0.1) is 20.6 Å². The largest absolute Gasteiger partial charge is 0.478 e. The molecule has 1 aliphatic heterocycles. The van der Waals surface area contributed by atoms with E-state index < -0.39 is 5.97 Å². The number of amidine groups is 1. The fourth-order valence-corrected chi connectivity index (χ4v) is 3.75. The summed E-state index contributed by atoms with van der Waals surface area (Å²) in [6.45, 7) is 1.83. The Morgan fingerprint density at radius 3 is 2.69 bits per heavy atom. The third kappa shape index (κ3) is 3.79. The number of amides is 1. The van der Waals surface area contributed by atoms with Crippen LogP contribution in [-0.2, 0) is 4.79 Å². The standard InChI is InChI=1S/C17H12Br2N2O4S/c1-8-3-4-9(16(23)24)5-12(8)20-17-21(2)15(22)13(26-17)7-10-6-11(18)14(19)25-10/h3-7H,1-2H3,(H,23,24)/b13-7-,20-17?. The topological polar surface area (TPSA) is 83.1 Å². The van der Waals surface area contributed by atoms with Crippen LogP contribution < -0.4 is 0 Å². The lowest BCUT2D eigenvalue weighted by molar-refractivity contribution is -0.121. The zero-order valence-electron chi connectivity index (χ0n) is 13.6. The van der Waals surface area contributed by atoms with Crippen LogP contribution in [0.4, 0.5) is 5.69 Å². The first-order chi connectivity index (χ1) is 12.3. The Kier molecular flexibility index (Phi) is 5.40. The van der Waals surface area contributed by atoms with Gasteiger partial charge in [0, 0.05) is 13.1 Å². The van der Waals surface area contributed by atoms with Gasteiger partial charge in [-0.2, -0.15) is 0 Å². The maximum absolute atomic E-state index is 12.5. The Labute approximate surface area is 170 Å². The van der Waals surface area contributed by atoms with E-state index in [1.807, 2.05) is 6.92 Å². The summed E-state index contributed by atoms with van der Waals surface area (Å²) in [6.07, 6.45) is 1.64. The van der Waals surface area contributed by atoms with Gasteiger partial charge in [-0.25, -0.2) is 9.79 Å². The van der Waals surface area contributed by atoms with E-state index in [0.717, 1.165) is 10.0 Å². The second kappa shape index (κ2) is 7.42. The monoisotopic (exact) mass is 498 g/mol. The van der Waals surface area contributed by atoms with Gasteiger partial charge in [0.1, 0.15) is 5.76 Å². The van der Waals surface area contributed by atoms with Crippen LogP contribution in [0.3, 0.4) is 0 Å². The van der Waals surface area contributed by atoms with Crippen molar-refractivity contribution < 1.29 is 19.1 Å². The summed E-state index contributed by atoms with van der Waals surface area (Å²) in [5.74, 6) is -0.702. The van der Waals surface area contributed by atoms with Gasteiger partial charge in [0.15, 0.2) is 9.84 Å². The van der Waals surface area contributed by atoms with Gasteiger partial charge in [0.25, 0.3) is 5.91 Å². The van der Waals surface area contributed by atoms with Gasteiger partial charge in [-0.15, -0.1) is 0 Å². The molecule has 0 unspecified atom stereocenters. The van der Waals surface area contributed by atoms with Crippen LogP contribution in [0.25, 0.3) is 6.08 Å². The number of carbonyl (C=O) groups is 2. The third-order valence-electron chi connectivity index (χ3n) is 3.61. The van der Waals surface area contributed by atoms with Crippen molar-refractivity contribution in [1.29, 1.82) is 0 Å². The Balaban J connectivity index is 1.95. The maximum atomic E-state index is 12.5. The lowest BCUT2D eigenvalue weighted by Crippen LogP contribution is -2.23. The fraction of sp³-hybridized carbons (Fsp3) is 0.118. The molecule has 0 bridgehead atoms. The summed E-state index contributed by atoms with van der Waals surface area (Å²) in [5.41, 5.74) is 1.48. The first-order valence-corrected chi connectivity index (χ1v) is 9.71. The molecule has 9 heteroatoms. The van der Waals surface area contributed by atoms with Gasteiger partial charge in [-0.05, 0) is 74.3 Å². The summed E-state index contributed by atoms with van der Waals surface area (Å²) in [5, 5.41) is 9.61. The van der Waals surface area contributed by atoms with Crippen molar-refractivity contribution in [3.05, 3.63) is 55.2 Å². The highest BCUT2D eigenvalue weighted by Crippen LogP contribution is 2.35. The fourth-order valence-electron chi connectivity index (χ4n) is 2.18. The first kappa shape index (κ1) is 18.9. The number of carbonyl (C=O) groups excluding carboxylic acids is 1. The van der Waals surface area contributed by atoms with E-state index in [9.17, 15) is 9.59 Å². The van der Waals surface area contributed by atoms with E-state index in [-0.39, 0.29) is 11.5 Å². The minimum Gasteiger partial charge on any atom is -0.478 e. The van der Waals surface area contributed by atoms with Crippen LogP contribution in [0.15, 0.2) is 47.7 Å². The van der Waals surface area contributed by atoms with E-state index in [4.69, 9.17) is 9.52 Å². The van der Waals surface area contributed by atoms with Gasteiger partial charge >= 0.3 is 5.97 Å². The molecule has 0 aliphatic carbocycles. The van der Waals surface area contributed by atoms with Crippen molar-refractivity contribution in [2.24, 2.45) is 4.99 Å². The highest BCUT2D eigenvalue weighted by Gasteiger charge is 2.31. The molecule has 6 nitrogen and oxygen atoms in total. The molecule has 134 valence electrons. The normalized spacial score (nSPS) is 17.5. The van der Waals surface area contributed by atoms with Crippen molar-refractivity contribution in [2.75, 3.05) is 7.05 Å². The van der Waals surface area contributed by atoms with E-state index >= 15 is 0 Å². The van der Waals surface area contributed by atoms with Crippen molar-refractivity contribution in [3.8, 4) is 0 Å². The number of benzene rings is 1. The van der Waals surface area contributed by atoms with Crippen LogP contribution in [0.2, 0.25) is 0 Å². The van der Waals surface area contributed by atoms with E-state index in [1.165, 1.54) is 28.8 Å². The Hall–Kier alpha value is -1.84. The Morgan fingerprint density at radius 1 is 1.35 bits per heavy atom. The minimum absolute atomic E-state index is 0.146. The average molecular weight is 500 g/mol. The number of hydrogen-bond acceptors (Lipinski definition) is 5. The molecule has 1 aliphatic rings. The number of thioether (sulfide) groups is 1. The van der Waals surface area contributed by atoms with Gasteiger partial charge in [-0.1, -0.05) is 6.07 Å². The molecule has 3 rings (SSSR count). The molecule has 0 atom stereocenters. The molecule has 26 heavy (non-hydrogen) atoms. The summed E-state index contributed by atoms with van der Waals surface area (Å²) in [7, 11) is 1.62. The summed E-state index contributed by atoms with van der Waals surface area (Å²) < 4.78 is 6.78. The highest BCUT2D eigenvalue weighted by atomic mass is 79.9. The van der Waals surface area contributed by atoms with Gasteiger partial charge in [-0.3, -0.25) is 9.69 Å². The molecule has 1 N–H and O–H groups in total. The van der Waals surface area contributed by atoms with Gasteiger partial charge in [0.2, 0.25) is 0 Å². The van der Waals surface area contributed by atoms with Gasteiger partial charge < -0.3 is 9.52 Å². The number of carboxylic acids is 1. The molecular formula is C17H12Br2N2O4S. The van der Waals surface area contributed by atoms with Crippen molar-refractivity contribution >= 4 is 72.4 Å². The van der Waals surface area contributed by atoms with Crippen LogP contribution in [0.5, 0.6) is 0 Å². The molecule has 1 saturated heterocycles. The van der Waals surface area contributed by atoms with Crippen molar-refractivity contribution in [1.82, 2.24) is 4.90 Å². The number of nitrogens with zero attached hydrogens (tertiary/aromatic N) is 2. The summed E-state index contributed by atoms with van der Waals surface area (Å²) in [4.78, 5) is 30.0. The molecule has 0 radical (unpaired) electrons. The number of aliphatic imine (C=N–C) groups is 1. The number of rotatable bonds is 3. The lowest BCUT2D eigenvalue weighted by atomic mass is 10.1. The molecule has 1 amide bonds. The predicted molar refractivity (Wildman–Crippen MR) is 108 cm³/mol. The van der Waals surface area contributed by atoms with E-state index in [0.29, 0.717) is 26.2 Å². The number of likely N-dealkylation sites (N-methyl/N-ethyl adjacent to an activating group) is 1. The minimum atomic E-state index is -1.02. The smallest absolute Gasteiger partial charge is 0.335 e. The zero-order chi connectivity index (χ0) is 19.0. The number of hydrogen-bond donors (Lipinski definition) is 1. The third-order valence-corrected chi connectivity index (χ3v) is 6.38. The highest BCUT2D eigenvalue weighted by molar-refractivity contribution is 9.13. The molecule has 0 saturated carbocycles. The zero-order valence-corrected chi connectivity index (χ0v) is 17.6. The molecule has 1 aromatic carbocycles. The lowest BCUT2D eigenvalue weighted by Gasteiger charge is -2.08. The second-order valence-electron chi connectivity index (χ2n) is 5.45. The average Bonchev–Trinajstić information content (AvgIpc) is 3.03. The van der Waals surface area contributed by atoms with E-state index in [1.54, 1.807) is 25.3 Å². The SMILES string of the molecule is Cc1ccc(C(=O)O)cc1N=C1S/C(=C\c2cc(Br)c(Br)o2)C(=O)N1C. The van der Waals surface area contributed by atoms with Crippen molar-refractivity contribution in [2.45, 2.75) is 6.92 Å². The number of aryl methyl sites for hydroxylation is 1. The van der Waals surface area contributed by atoms with Crippen LogP contribution in [0.1, 0.15) is 21.7 Å². The molecule has 0 spiro atoms. The molecular weight excluding hydrogens is 488 g/mol. The maximum Gasteiger partial charge on any atom is 0.335 e. The van der Waals surface area contributed by atoms with Crippen LogP contribution >= 0.6 is 43.6 Å². The molecule has 2 heterocycles. The molecule has 2 aromatic rings. The van der Waals surface area contributed by atoms with Crippen molar-refractivity contribution in [3.63, 3.8) is 0 Å². The Morgan fingerprint density at radius 2 is 2.08 bits per heavy atom. The first-order valence-electron chi connectivity index (χ1n) is 7.31. The van der Waals surface area contributed by atoms with E-state index in [2.05, 4.69) is 36.9 Å². The summed E-state index contributed by atoms with van der Waals surface area (Å²) in [6, 6.07) is 6.46. The molecule has 1 fully saturated rings. The Bertz CT molecular complexity index is 962. The van der Waals surface area contributed by atoms with Crippen LogP contribution in [-0.4, -0.2) is 34.1 Å². The number of aromatic carboxylic acids is 1. The number of halogens is 2. The molecule has 1 aromatic heterocycles. The number of carboxylic acid groups (broad SMARTS) is 1. The summed E-state index contributed by atoms with van der Waals surface area (Å²) >= 11 is 7.79.